The molecule has 18 heavy (non-hydrogen) atoms. The molecule has 0 saturated carbocycles. The summed E-state index contributed by atoms with van der Waals surface area (Å²) >= 11 is 6.00. The maximum absolute atomic E-state index is 9.02. The summed E-state index contributed by atoms with van der Waals surface area (Å²) in [7, 11) is -1.55. The van der Waals surface area contributed by atoms with E-state index in [0.717, 1.165) is 5.56 Å². The number of benzene rings is 1. The molecule has 4 nitrogen and oxygen atoms in total. The van der Waals surface area contributed by atoms with Crippen LogP contribution in [0.25, 0.3) is 0 Å². The highest BCUT2D eigenvalue weighted by atomic mass is 35.5. The Balaban J connectivity index is 2.07. The van der Waals surface area contributed by atoms with Crippen molar-refractivity contribution < 1.29 is 14.8 Å². The Morgan fingerprint density at radius 1 is 1.22 bits per heavy atom. The monoisotopic (exact) mass is 263 g/mol. The molecule has 2 aromatic rings. The van der Waals surface area contributed by atoms with Crippen LogP contribution in [0.15, 0.2) is 42.7 Å². The zero-order chi connectivity index (χ0) is 13.0. The van der Waals surface area contributed by atoms with Gasteiger partial charge in [-0.15, -0.1) is 0 Å². The second-order valence-electron chi connectivity index (χ2n) is 3.71. The van der Waals surface area contributed by atoms with Gasteiger partial charge in [0.05, 0.1) is 6.20 Å². The highest BCUT2D eigenvalue weighted by molar-refractivity contribution is 6.58. The minimum atomic E-state index is -1.55. The molecule has 2 N–H and O–H groups in total. The van der Waals surface area contributed by atoms with E-state index in [2.05, 4.69) is 4.98 Å². The molecule has 0 amide bonds. The predicted octanol–water partition coefficient (Wildman–Crippen LogP) is 0.994. The van der Waals surface area contributed by atoms with E-state index < -0.39 is 7.12 Å². The Morgan fingerprint density at radius 3 is 2.72 bits per heavy atom. The molecule has 0 unspecified atom stereocenters. The minimum Gasteiger partial charge on any atom is -0.487 e. The molecule has 2 rings (SSSR count). The van der Waals surface area contributed by atoms with Crippen LogP contribution >= 0.6 is 11.6 Å². The number of halogens is 1. The number of aromatic nitrogens is 1. The molecule has 0 bridgehead atoms. The van der Waals surface area contributed by atoms with Crippen molar-refractivity contribution in [2.75, 3.05) is 0 Å². The summed E-state index contributed by atoms with van der Waals surface area (Å²) in [6.45, 7) is 0.298. The number of hydrogen-bond donors (Lipinski definition) is 2. The number of pyridine rings is 1. The van der Waals surface area contributed by atoms with Crippen LogP contribution < -0.4 is 10.2 Å². The number of nitrogens with zero attached hydrogens (tertiary/aromatic N) is 1. The standard InChI is InChI=1S/C12H11BClNO3/c14-12-4-2-1-3-9(12)8-18-11-5-10(13(16)17)6-15-7-11/h1-7,16-17H,8H2. The molecule has 1 aromatic heterocycles. The van der Waals surface area contributed by atoms with Crippen molar-refractivity contribution in [1.82, 2.24) is 4.98 Å². The SMILES string of the molecule is OB(O)c1cncc(OCc2ccccc2Cl)c1. The molecule has 0 atom stereocenters. The van der Waals surface area contributed by atoms with Gasteiger partial charge >= 0.3 is 7.12 Å². The lowest BCUT2D eigenvalue weighted by molar-refractivity contribution is 0.305. The first-order valence-corrected chi connectivity index (χ1v) is 5.72. The molecular weight excluding hydrogens is 252 g/mol. The van der Waals surface area contributed by atoms with Crippen molar-refractivity contribution in [3.8, 4) is 5.75 Å². The Labute approximate surface area is 110 Å². The fraction of sp³-hybridized carbons (Fsp3) is 0.0833. The maximum atomic E-state index is 9.02. The van der Waals surface area contributed by atoms with Crippen LogP contribution in [-0.4, -0.2) is 22.2 Å². The largest absolute Gasteiger partial charge is 0.490 e. The molecule has 1 aromatic carbocycles. The van der Waals surface area contributed by atoms with Gasteiger partial charge < -0.3 is 14.8 Å². The van der Waals surface area contributed by atoms with E-state index in [9.17, 15) is 0 Å². The average molecular weight is 263 g/mol. The highest BCUT2D eigenvalue weighted by Gasteiger charge is 2.12. The summed E-state index contributed by atoms with van der Waals surface area (Å²) in [6, 6.07) is 8.88. The second kappa shape index (κ2) is 5.86. The molecule has 92 valence electrons. The fourth-order valence-corrected chi connectivity index (χ4v) is 1.62. The van der Waals surface area contributed by atoms with E-state index in [-0.39, 0.29) is 5.46 Å². The molecule has 0 fully saturated rings. The van der Waals surface area contributed by atoms with Crippen molar-refractivity contribution in [3.63, 3.8) is 0 Å². The zero-order valence-corrected chi connectivity index (χ0v) is 10.2. The Kier molecular flexibility index (Phi) is 4.20. The summed E-state index contributed by atoms with van der Waals surface area (Å²) in [5.74, 6) is 0.459. The molecule has 1 heterocycles. The quantitative estimate of drug-likeness (QED) is 0.808. The van der Waals surface area contributed by atoms with Gasteiger partial charge in [-0.05, 0) is 12.1 Å². The van der Waals surface area contributed by atoms with E-state index in [0.29, 0.717) is 17.4 Å². The Morgan fingerprint density at radius 2 is 2.00 bits per heavy atom. The van der Waals surface area contributed by atoms with Gasteiger partial charge in [0.25, 0.3) is 0 Å². The summed E-state index contributed by atoms with van der Waals surface area (Å²) in [4.78, 5) is 3.86. The molecule has 6 heteroatoms. The topological polar surface area (TPSA) is 62.6 Å². The molecule has 0 aliphatic carbocycles. The minimum absolute atomic E-state index is 0.284. The third kappa shape index (κ3) is 3.23. The zero-order valence-electron chi connectivity index (χ0n) is 9.45. The predicted molar refractivity (Wildman–Crippen MR) is 69.8 cm³/mol. The van der Waals surface area contributed by atoms with Crippen molar-refractivity contribution in [3.05, 3.63) is 53.3 Å². The van der Waals surface area contributed by atoms with E-state index in [1.54, 1.807) is 6.07 Å². The highest BCUT2D eigenvalue weighted by Crippen LogP contribution is 2.17. The molecule has 0 spiro atoms. The first kappa shape index (κ1) is 12.9. The smallest absolute Gasteiger partial charge is 0.487 e. The van der Waals surface area contributed by atoms with Crippen LogP contribution in [0.1, 0.15) is 5.56 Å². The second-order valence-corrected chi connectivity index (χ2v) is 4.11. The molecule has 0 saturated heterocycles. The Hall–Kier alpha value is -1.56. The Bertz CT molecular complexity index is 536. The van der Waals surface area contributed by atoms with Crippen molar-refractivity contribution >= 4 is 24.2 Å². The molecular formula is C12H11BClNO3. The van der Waals surface area contributed by atoms with E-state index in [1.165, 1.54) is 18.5 Å². The number of ether oxygens (including phenoxy) is 1. The first-order chi connectivity index (χ1) is 8.66. The number of rotatable bonds is 4. The van der Waals surface area contributed by atoms with Crippen LogP contribution in [0, 0.1) is 0 Å². The molecule has 0 aliphatic heterocycles. The normalized spacial score (nSPS) is 10.2. The van der Waals surface area contributed by atoms with Gasteiger partial charge in [0, 0.05) is 22.2 Å². The summed E-state index contributed by atoms with van der Waals surface area (Å²) < 4.78 is 5.49. The lowest BCUT2D eigenvalue weighted by Gasteiger charge is -2.08. The third-order valence-electron chi connectivity index (χ3n) is 2.38. The van der Waals surface area contributed by atoms with Crippen LogP contribution in [-0.2, 0) is 6.61 Å². The van der Waals surface area contributed by atoms with E-state index >= 15 is 0 Å². The van der Waals surface area contributed by atoms with Gasteiger partial charge in [-0.3, -0.25) is 4.98 Å². The van der Waals surface area contributed by atoms with E-state index in [1.807, 2.05) is 18.2 Å². The van der Waals surface area contributed by atoms with Gasteiger partial charge in [-0.2, -0.15) is 0 Å². The van der Waals surface area contributed by atoms with Crippen LogP contribution in [0.4, 0.5) is 0 Å². The van der Waals surface area contributed by atoms with E-state index in [4.69, 9.17) is 26.4 Å². The maximum Gasteiger partial charge on any atom is 0.490 e. The third-order valence-corrected chi connectivity index (χ3v) is 2.75. The van der Waals surface area contributed by atoms with Gasteiger partial charge in [-0.1, -0.05) is 29.8 Å². The summed E-state index contributed by atoms with van der Waals surface area (Å²) in [5.41, 5.74) is 1.14. The summed E-state index contributed by atoms with van der Waals surface area (Å²) in [5, 5.41) is 18.7. The molecule has 0 radical (unpaired) electrons. The van der Waals surface area contributed by atoms with Crippen LogP contribution in [0.3, 0.4) is 0 Å². The lowest BCUT2D eigenvalue weighted by atomic mass is 9.82. The summed E-state index contributed by atoms with van der Waals surface area (Å²) in [6.07, 6.45) is 2.87. The van der Waals surface area contributed by atoms with Gasteiger partial charge in [0.1, 0.15) is 12.4 Å². The van der Waals surface area contributed by atoms with Crippen molar-refractivity contribution in [1.29, 1.82) is 0 Å². The van der Waals surface area contributed by atoms with Gasteiger partial charge in [0.2, 0.25) is 0 Å². The van der Waals surface area contributed by atoms with Gasteiger partial charge in [-0.25, -0.2) is 0 Å². The first-order valence-electron chi connectivity index (χ1n) is 5.34. The van der Waals surface area contributed by atoms with Crippen LogP contribution in [0.2, 0.25) is 5.02 Å². The van der Waals surface area contributed by atoms with Crippen LogP contribution in [0.5, 0.6) is 5.75 Å². The molecule has 0 aliphatic rings. The van der Waals surface area contributed by atoms with Crippen molar-refractivity contribution in [2.24, 2.45) is 0 Å². The average Bonchev–Trinajstić information content (AvgIpc) is 2.38. The fourth-order valence-electron chi connectivity index (χ4n) is 1.43. The number of hydrogen-bond acceptors (Lipinski definition) is 4. The van der Waals surface area contributed by atoms with Crippen molar-refractivity contribution in [2.45, 2.75) is 6.61 Å². The lowest BCUT2D eigenvalue weighted by Crippen LogP contribution is -2.30. The van der Waals surface area contributed by atoms with Gasteiger partial charge in [0.15, 0.2) is 0 Å².